The minimum atomic E-state index is 0.00852. The molecule has 0 aliphatic carbocycles. The van der Waals surface area contributed by atoms with Crippen LogP contribution in [0.5, 0.6) is 0 Å². The molecule has 0 fully saturated rings. The Morgan fingerprint density at radius 2 is 2.11 bits per heavy atom. The molecule has 0 aliphatic rings. The van der Waals surface area contributed by atoms with E-state index in [0.29, 0.717) is 5.75 Å². The molecule has 1 aromatic carbocycles. The van der Waals surface area contributed by atoms with Gasteiger partial charge in [0.2, 0.25) is 5.91 Å². The fraction of sp³-hybridized carbons (Fsp3) is 0.308. The van der Waals surface area contributed by atoms with Crippen LogP contribution in [0.1, 0.15) is 23.5 Å². The molecule has 0 saturated heterocycles. The van der Waals surface area contributed by atoms with Crippen LogP contribution < -0.4 is 5.32 Å². The van der Waals surface area contributed by atoms with Crippen LogP contribution in [0.3, 0.4) is 0 Å². The standard InChI is InChI=1S/C13H15N3OS2/c1-9(11-6-4-3-5-7-11)14-12(17)8-18-13-16-15-10(2)19-13/h3-7,9H,8H2,1-2H3,(H,14,17)/t9-/m0/s1. The summed E-state index contributed by atoms with van der Waals surface area (Å²) in [6.07, 6.45) is 0. The fourth-order valence-corrected chi connectivity index (χ4v) is 3.20. The van der Waals surface area contributed by atoms with Crippen LogP contribution in [0, 0.1) is 6.92 Å². The number of carbonyl (C=O) groups is 1. The van der Waals surface area contributed by atoms with Crippen LogP contribution in [0.15, 0.2) is 34.7 Å². The van der Waals surface area contributed by atoms with E-state index in [4.69, 9.17) is 0 Å². The lowest BCUT2D eigenvalue weighted by Gasteiger charge is -2.13. The molecule has 1 aromatic heterocycles. The highest BCUT2D eigenvalue weighted by Gasteiger charge is 2.10. The summed E-state index contributed by atoms with van der Waals surface area (Å²) in [4.78, 5) is 11.8. The molecule has 0 spiro atoms. The van der Waals surface area contributed by atoms with E-state index in [1.807, 2.05) is 44.2 Å². The van der Waals surface area contributed by atoms with Gasteiger partial charge in [0.25, 0.3) is 0 Å². The van der Waals surface area contributed by atoms with Crippen molar-refractivity contribution < 1.29 is 4.79 Å². The van der Waals surface area contributed by atoms with E-state index >= 15 is 0 Å². The first-order chi connectivity index (χ1) is 9.15. The molecule has 2 aromatic rings. The van der Waals surface area contributed by atoms with Gasteiger partial charge in [0.05, 0.1) is 11.8 Å². The Morgan fingerprint density at radius 1 is 1.37 bits per heavy atom. The Labute approximate surface area is 120 Å². The van der Waals surface area contributed by atoms with Crippen LogP contribution in [-0.4, -0.2) is 21.9 Å². The van der Waals surface area contributed by atoms with E-state index in [1.54, 1.807) is 0 Å². The predicted molar refractivity (Wildman–Crippen MR) is 78.4 cm³/mol. The van der Waals surface area contributed by atoms with Gasteiger partial charge in [-0.05, 0) is 19.4 Å². The zero-order valence-corrected chi connectivity index (χ0v) is 12.4. The van der Waals surface area contributed by atoms with Crippen molar-refractivity contribution in [1.82, 2.24) is 15.5 Å². The Morgan fingerprint density at radius 3 is 2.74 bits per heavy atom. The highest BCUT2D eigenvalue weighted by molar-refractivity contribution is 8.01. The van der Waals surface area contributed by atoms with E-state index in [9.17, 15) is 4.79 Å². The van der Waals surface area contributed by atoms with E-state index in [1.165, 1.54) is 23.1 Å². The quantitative estimate of drug-likeness (QED) is 0.861. The maximum Gasteiger partial charge on any atom is 0.230 e. The summed E-state index contributed by atoms with van der Waals surface area (Å²) in [5.74, 6) is 0.375. The number of amides is 1. The summed E-state index contributed by atoms with van der Waals surface area (Å²) in [6, 6.07) is 9.93. The Hall–Kier alpha value is -1.40. The van der Waals surface area contributed by atoms with Gasteiger partial charge in [-0.25, -0.2) is 0 Å². The van der Waals surface area contributed by atoms with Crippen molar-refractivity contribution in [3.05, 3.63) is 40.9 Å². The molecular formula is C13H15N3OS2. The molecule has 1 heterocycles. The van der Waals surface area contributed by atoms with Gasteiger partial charge in [-0.2, -0.15) is 0 Å². The van der Waals surface area contributed by atoms with Gasteiger partial charge in [0.15, 0.2) is 4.34 Å². The van der Waals surface area contributed by atoms with E-state index < -0.39 is 0 Å². The number of rotatable bonds is 5. The Balaban J connectivity index is 1.81. The second-order valence-corrected chi connectivity index (χ2v) is 6.48. The molecule has 100 valence electrons. The van der Waals surface area contributed by atoms with Crippen LogP contribution in [0.25, 0.3) is 0 Å². The molecule has 0 saturated carbocycles. The zero-order chi connectivity index (χ0) is 13.7. The number of nitrogens with one attached hydrogen (secondary N) is 1. The van der Waals surface area contributed by atoms with Crippen molar-refractivity contribution in [3.63, 3.8) is 0 Å². The number of nitrogens with zero attached hydrogens (tertiary/aromatic N) is 2. The largest absolute Gasteiger partial charge is 0.349 e. The molecule has 0 unspecified atom stereocenters. The van der Waals surface area contributed by atoms with Crippen LogP contribution in [0.4, 0.5) is 0 Å². The first-order valence-corrected chi connectivity index (χ1v) is 7.72. The van der Waals surface area contributed by atoms with E-state index in [0.717, 1.165) is 14.9 Å². The zero-order valence-electron chi connectivity index (χ0n) is 10.8. The third kappa shape index (κ3) is 4.33. The lowest BCUT2D eigenvalue weighted by Crippen LogP contribution is -2.28. The summed E-state index contributed by atoms with van der Waals surface area (Å²) in [7, 11) is 0. The number of hydrogen-bond acceptors (Lipinski definition) is 5. The molecule has 1 N–H and O–H groups in total. The van der Waals surface area contributed by atoms with Crippen molar-refractivity contribution in [2.75, 3.05) is 5.75 Å². The van der Waals surface area contributed by atoms with Gasteiger partial charge in [0.1, 0.15) is 5.01 Å². The van der Waals surface area contributed by atoms with E-state index in [-0.39, 0.29) is 11.9 Å². The van der Waals surface area contributed by atoms with Gasteiger partial charge in [-0.15, -0.1) is 10.2 Å². The van der Waals surface area contributed by atoms with Crippen LogP contribution >= 0.6 is 23.1 Å². The van der Waals surface area contributed by atoms with Gasteiger partial charge in [-0.3, -0.25) is 4.79 Å². The minimum absolute atomic E-state index is 0.00852. The molecule has 0 bridgehead atoms. The number of aromatic nitrogens is 2. The van der Waals surface area contributed by atoms with Crippen molar-refractivity contribution in [2.24, 2.45) is 0 Å². The van der Waals surface area contributed by atoms with Crippen molar-refractivity contribution in [2.45, 2.75) is 24.2 Å². The van der Waals surface area contributed by atoms with Crippen LogP contribution in [0.2, 0.25) is 0 Å². The predicted octanol–water partition coefficient (Wildman–Crippen LogP) is 2.82. The van der Waals surface area contributed by atoms with E-state index in [2.05, 4.69) is 15.5 Å². The SMILES string of the molecule is Cc1nnc(SCC(=O)N[C@@H](C)c2ccccc2)s1. The second-order valence-electron chi connectivity index (χ2n) is 4.08. The molecular weight excluding hydrogens is 278 g/mol. The summed E-state index contributed by atoms with van der Waals surface area (Å²) in [5, 5.41) is 11.8. The Bertz CT molecular complexity index is 542. The molecule has 4 nitrogen and oxygen atoms in total. The highest BCUT2D eigenvalue weighted by atomic mass is 32.2. The number of benzene rings is 1. The minimum Gasteiger partial charge on any atom is -0.349 e. The molecule has 0 radical (unpaired) electrons. The van der Waals surface area contributed by atoms with Gasteiger partial charge in [-0.1, -0.05) is 53.4 Å². The summed E-state index contributed by atoms with van der Waals surface area (Å²) in [5.41, 5.74) is 1.10. The number of carbonyl (C=O) groups excluding carboxylic acids is 1. The number of aryl methyl sites for hydroxylation is 1. The molecule has 19 heavy (non-hydrogen) atoms. The second kappa shape index (κ2) is 6.68. The average molecular weight is 293 g/mol. The Kier molecular flexibility index (Phi) is 4.93. The molecule has 2 rings (SSSR count). The van der Waals surface area contributed by atoms with Gasteiger partial charge in [0, 0.05) is 0 Å². The maximum absolute atomic E-state index is 11.8. The lowest BCUT2D eigenvalue weighted by atomic mass is 10.1. The fourth-order valence-electron chi connectivity index (χ4n) is 1.57. The monoisotopic (exact) mass is 293 g/mol. The first-order valence-electron chi connectivity index (χ1n) is 5.92. The topological polar surface area (TPSA) is 54.9 Å². The molecule has 1 atom stereocenters. The molecule has 0 aliphatic heterocycles. The average Bonchev–Trinajstić information content (AvgIpc) is 2.83. The van der Waals surface area contributed by atoms with Crippen molar-refractivity contribution in [3.8, 4) is 0 Å². The number of hydrogen-bond donors (Lipinski definition) is 1. The summed E-state index contributed by atoms with van der Waals surface area (Å²) in [6.45, 7) is 3.88. The maximum atomic E-state index is 11.8. The summed E-state index contributed by atoms with van der Waals surface area (Å²) >= 11 is 2.93. The highest BCUT2D eigenvalue weighted by Crippen LogP contribution is 2.21. The van der Waals surface area contributed by atoms with Gasteiger partial charge < -0.3 is 5.32 Å². The lowest BCUT2D eigenvalue weighted by molar-refractivity contribution is -0.119. The van der Waals surface area contributed by atoms with Crippen molar-refractivity contribution >= 4 is 29.0 Å². The van der Waals surface area contributed by atoms with Crippen LogP contribution in [-0.2, 0) is 4.79 Å². The third-order valence-corrected chi connectivity index (χ3v) is 4.48. The van der Waals surface area contributed by atoms with Crippen molar-refractivity contribution in [1.29, 1.82) is 0 Å². The number of thioether (sulfide) groups is 1. The smallest absolute Gasteiger partial charge is 0.230 e. The summed E-state index contributed by atoms with van der Waals surface area (Å²) < 4.78 is 0.833. The normalized spacial score (nSPS) is 12.1. The molecule has 6 heteroatoms. The molecule has 1 amide bonds. The first kappa shape index (κ1) is 14.0. The third-order valence-electron chi connectivity index (χ3n) is 2.51. The van der Waals surface area contributed by atoms with Gasteiger partial charge >= 0.3 is 0 Å².